The first-order valence-electron chi connectivity index (χ1n) is 10.7. The summed E-state index contributed by atoms with van der Waals surface area (Å²) in [6.45, 7) is 6.64. The van der Waals surface area contributed by atoms with E-state index in [1.54, 1.807) is 7.11 Å². The zero-order valence-corrected chi connectivity index (χ0v) is 18.4. The predicted molar refractivity (Wildman–Crippen MR) is 115 cm³/mol. The van der Waals surface area contributed by atoms with E-state index >= 15 is 0 Å². The Labute approximate surface area is 182 Å². The lowest BCUT2D eigenvalue weighted by atomic mass is 9.97. The number of hydrogen-bond donors (Lipinski definition) is 0. The van der Waals surface area contributed by atoms with Crippen molar-refractivity contribution >= 4 is 5.91 Å². The van der Waals surface area contributed by atoms with Gasteiger partial charge in [-0.25, -0.2) is 0 Å². The lowest BCUT2D eigenvalue weighted by Crippen LogP contribution is -2.39. The summed E-state index contributed by atoms with van der Waals surface area (Å²) in [5.41, 5.74) is 3.96. The van der Waals surface area contributed by atoms with Crippen molar-refractivity contribution in [1.82, 2.24) is 24.8 Å². The van der Waals surface area contributed by atoms with E-state index in [4.69, 9.17) is 9.26 Å². The number of methoxy groups -OCH3 is 1. The first-order valence-corrected chi connectivity index (χ1v) is 10.7. The Kier molecular flexibility index (Phi) is 6.46. The highest BCUT2D eigenvalue weighted by molar-refractivity contribution is 5.94. The van der Waals surface area contributed by atoms with E-state index in [0.29, 0.717) is 43.4 Å². The van der Waals surface area contributed by atoms with Gasteiger partial charge in [-0.2, -0.15) is 10.1 Å². The maximum absolute atomic E-state index is 13.1. The molecule has 1 aliphatic rings. The zero-order valence-electron chi connectivity index (χ0n) is 18.4. The average Bonchev–Trinajstić information content (AvgIpc) is 3.38. The van der Waals surface area contributed by atoms with E-state index in [-0.39, 0.29) is 11.8 Å². The molecule has 8 nitrogen and oxygen atoms in total. The number of aromatic nitrogens is 4. The second-order valence-electron chi connectivity index (χ2n) is 8.16. The van der Waals surface area contributed by atoms with Crippen molar-refractivity contribution in [2.45, 2.75) is 45.6 Å². The second kappa shape index (κ2) is 9.43. The minimum atomic E-state index is 0.0430. The quantitative estimate of drug-likeness (QED) is 0.580. The summed E-state index contributed by atoms with van der Waals surface area (Å²) in [7, 11) is 1.65. The molecule has 3 aromatic rings. The highest BCUT2D eigenvalue weighted by atomic mass is 16.5. The van der Waals surface area contributed by atoms with E-state index in [0.717, 1.165) is 36.3 Å². The Bertz CT molecular complexity index is 1020. The van der Waals surface area contributed by atoms with Crippen LogP contribution in [0.4, 0.5) is 0 Å². The van der Waals surface area contributed by atoms with Gasteiger partial charge in [0, 0.05) is 37.9 Å². The molecule has 0 aliphatic carbocycles. The zero-order chi connectivity index (χ0) is 21.8. The number of hydrogen-bond acceptors (Lipinski definition) is 6. The number of benzene rings is 1. The standard InChI is InChI=1S/C23H29N5O3/c1-16-13-17(2)28(25-16)14-18-6-8-19(9-7-18)23(29)27-11-4-5-20(15-27)22-24-21(26-31-22)10-12-30-3/h6-9,13,20H,4-5,10-12,14-15H2,1-3H3. The minimum absolute atomic E-state index is 0.0430. The predicted octanol–water partition coefficient (Wildman–Crippen LogP) is 3.14. The van der Waals surface area contributed by atoms with Crippen molar-refractivity contribution in [3.05, 3.63) is 64.6 Å². The summed E-state index contributed by atoms with van der Waals surface area (Å²) >= 11 is 0. The molecule has 164 valence electrons. The molecule has 1 amide bonds. The van der Waals surface area contributed by atoms with Crippen LogP contribution in [-0.2, 0) is 17.7 Å². The highest BCUT2D eigenvalue weighted by Gasteiger charge is 2.29. The molecule has 0 N–H and O–H groups in total. The van der Waals surface area contributed by atoms with Crippen molar-refractivity contribution in [3.8, 4) is 0 Å². The van der Waals surface area contributed by atoms with Gasteiger partial charge in [-0.15, -0.1) is 0 Å². The van der Waals surface area contributed by atoms with Crippen LogP contribution in [0.25, 0.3) is 0 Å². The third-order valence-electron chi connectivity index (χ3n) is 5.71. The van der Waals surface area contributed by atoms with Crippen molar-refractivity contribution in [2.24, 2.45) is 0 Å². The molecular weight excluding hydrogens is 394 g/mol. The van der Waals surface area contributed by atoms with Gasteiger partial charge in [0.25, 0.3) is 5.91 Å². The van der Waals surface area contributed by atoms with E-state index in [9.17, 15) is 4.79 Å². The smallest absolute Gasteiger partial charge is 0.253 e. The number of rotatable bonds is 7. The number of aryl methyl sites for hydroxylation is 2. The summed E-state index contributed by atoms with van der Waals surface area (Å²) in [4.78, 5) is 19.5. The van der Waals surface area contributed by atoms with E-state index in [2.05, 4.69) is 28.2 Å². The van der Waals surface area contributed by atoms with Gasteiger partial charge in [-0.3, -0.25) is 9.48 Å². The summed E-state index contributed by atoms with van der Waals surface area (Å²) in [5, 5.41) is 8.54. The fraction of sp³-hybridized carbons (Fsp3) is 0.478. The third-order valence-corrected chi connectivity index (χ3v) is 5.71. The van der Waals surface area contributed by atoms with Crippen LogP contribution < -0.4 is 0 Å². The Morgan fingerprint density at radius 3 is 2.77 bits per heavy atom. The summed E-state index contributed by atoms with van der Waals surface area (Å²) < 4.78 is 12.5. The second-order valence-corrected chi connectivity index (χ2v) is 8.16. The van der Waals surface area contributed by atoms with Crippen molar-refractivity contribution in [3.63, 3.8) is 0 Å². The fourth-order valence-corrected chi connectivity index (χ4v) is 4.03. The van der Waals surface area contributed by atoms with Gasteiger partial charge in [-0.1, -0.05) is 17.3 Å². The van der Waals surface area contributed by atoms with E-state index in [1.165, 1.54) is 0 Å². The summed E-state index contributed by atoms with van der Waals surface area (Å²) in [5.74, 6) is 1.38. The van der Waals surface area contributed by atoms with Gasteiger partial charge < -0.3 is 14.2 Å². The molecule has 8 heteroatoms. The van der Waals surface area contributed by atoms with Crippen LogP contribution in [-0.4, -0.2) is 57.5 Å². The number of carbonyl (C=O) groups is 1. The van der Waals surface area contributed by atoms with Crippen molar-refractivity contribution in [1.29, 1.82) is 0 Å². The molecule has 1 aromatic carbocycles. The van der Waals surface area contributed by atoms with E-state index < -0.39 is 0 Å². The molecule has 0 radical (unpaired) electrons. The maximum atomic E-state index is 13.1. The Morgan fingerprint density at radius 2 is 2.06 bits per heavy atom. The van der Waals surface area contributed by atoms with Crippen LogP contribution in [0.3, 0.4) is 0 Å². The van der Waals surface area contributed by atoms with Crippen molar-refractivity contribution in [2.75, 3.05) is 26.8 Å². The molecule has 31 heavy (non-hydrogen) atoms. The Morgan fingerprint density at radius 1 is 1.26 bits per heavy atom. The molecule has 4 rings (SSSR count). The maximum Gasteiger partial charge on any atom is 0.253 e. The van der Waals surface area contributed by atoms with Gasteiger partial charge in [0.1, 0.15) is 0 Å². The SMILES string of the molecule is COCCc1noc(C2CCCN(C(=O)c3ccc(Cn4nc(C)cc4C)cc3)C2)n1. The molecule has 0 spiro atoms. The monoisotopic (exact) mass is 423 g/mol. The van der Waals surface area contributed by atoms with Crippen LogP contribution in [0, 0.1) is 13.8 Å². The van der Waals surface area contributed by atoms with Gasteiger partial charge in [0.15, 0.2) is 5.82 Å². The number of carbonyl (C=O) groups excluding carboxylic acids is 1. The van der Waals surface area contributed by atoms with E-state index in [1.807, 2.05) is 40.8 Å². The van der Waals surface area contributed by atoms with Crippen LogP contribution in [0.5, 0.6) is 0 Å². The molecular formula is C23H29N5O3. The van der Waals surface area contributed by atoms with Crippen LogP contribution in [0.15, 0.2) is 34.9 Å². The highest BCUT2D eigenvalue weighted by Crippen LogP contribution is 2.27. The molecule has 3 heterocycles. The molecule has 1 aliphatic heterocycles. The van der Waals surface area contributed by atoms with Gasteiger partial charge in [-0.05, 0) is 50.5 Å². The van der Waals surface area contributed by atoms with Crippen molar-refractivity contribution < 1.29 is 14.1 Å². The first-order chi connectivity index (χ1) is 15.0. The molecule has 1 fully saturated rings. The summed E-state index contributed by atoms with van der Waals surface area (Å²) in [6.07, 6.45) is 2.48. The number of ether oxygens (including phenoxy) is 1. The van der Waals surface area contributed by atoms with Gasteiger partial charge >= 0.3 is 0 Å². The summed E-state index contributed by atoms with van der Waals surface area (Å²) in [6, 6.07) is 9.88. The Hall–Kier alpha value is -3.00. The van der Waals surface area contributed by atoms with Crippen LogP contribution in [0.1, 0.15) is 57.8 Å². The molecule has 0 saturated carbocycles. The number of likely N-dealkylation sites (tertiary alicyclic amines) is 1. The number of piperidine rings is 1. The lowest BCUT2D eigenvalue weighted by Gasteiger charge is -2.31. The normalized spacial score (nSPS) is 16.6. The fourth-order valence-electron chi connectivity index (χ4n) is 4.03. The van der Waals surface area contributed by atoms with Gasteiger partial charge in [0.05, 0.1) is 24.8 Å². The average molecular weight is 424 g/mol. The molecule has 1 unspecified atom stereocenters. The third kappa shape index (κ3) is 5.02. The lowest BCUT2D eigenvalue weighted by molar-refractivity contribution is 0.0695. The topological polar surface area (TPSA) is 86.3 Å². The minimum Gasteiger partial charge on any atom is -0.384 e. The van der Waals surface area contributed by atoms with Crippen LogP contribution in [0.2, 0.25) is 0 Å². The molecule has 0 bridgehead atoms. The first kappa shape index (κ1) is 21.2. The largest absolute Gasteiger partial charge is 0.384 e. The van der Waals surface area contributed by atoms with Crippen LogP contribution >= 0.6 is 0 Å². The Balaban J connectivity index is 1.39. The molecule has 2 aromatic heterocycles. The number of nitrogens with zero attached hydrogens (tertiary/aromatic N) is 5. The molecule has 1 saturated heterocycles. The number of amides is 1. The molecule has 1 atom stereocenters. The van der Waals surface area contributed by atoms with Gasteiger partial charge in [0.2, 0.25) is 5.89 Å².